The van der Waals surface area contributed by atoms with Crippen molar-refractivity contribution < 1.29 is 14.1 Å². The van der Waals surface area contributed by atoms with Crippen molar-refractivity contribution in [3.8, 4) is 0 Å². The van der Waals surface area contributed by atoms with Gasteiger partial charge in [-0.25, -0.2) is 0 Å². The molecule has 0 rings (SSSR count). The molecule has 0 aromatic carbocycles. The number of hydrogen-bond acceptors (Lipinski definition) is 3. The minimum atomic E-state index is -0.981. The number of thioether (sulfide) groups is 1. The molecule has 0 aliphatic rings. The van der Waals surface area contributed by atoms with Crippen LogP contribution in [0.25, 0.3) is 0 Å². The molecule has 5 heteroatoms. The molecule has 3 nitrogen and oxygen atoms in total. The van der Waals surface area contributed by atoms with E-state index in [0.29, 0.717) is 5.75 Å². The Hall–Kier alpha value is -0.810. The van der Waals surface area contributed by atoms with Crippen molar-refractivity contribution in [1.29, 1.82) is 0 Å². The molecule has 1 unspecified atom stereocenters. The molecule has 0 radical (unpaired) electrons. The summed E-state index contributed by atoms with van der Waals surface area (Å²) in [5.74, 6) is 2.38. The Labute approximate surface area is 154 Å². The molecule has 0 heterocycles. The molecule has 24 heavy (non-hydrogen) atoms. The number of unbranched alkanes of at least 4 members (excludes halogenated alkanes) is 2. The smallest absolute Gasteiger partial charge is 0.304 e. The normalized spacial score (nSPS) is 13.4. The summed E-state index contributed by atoms with van der Waals surface area (Å²) in [5.41, 5.74) is 0. The lowest BCUT2D eigenvalue weighted by atomic mass is 10.2. The molecule has 1 atom stereocenters. The highest BCUT2D eigenvalue weighted by atomic mass is 32.2. The second kappa shape index (κ2) is 18.5. The predicted octanol–water partition coefficient (Wildman–Crippen LogP) is 4.97. The molecule has 0 bridgehead atoms. The Balaban J connectivity index is 3.41. The number of aliphatic carboxylic acids is 1. The van der Waals surface area contributed by atoms with E-state index in [9.17, 15) is 9.00 Å². The highest BCUT2D eigenvalue weighted by Gasteiger charge is 2.02. The lowest BCUT2D eigenvalue weighted by Crippen LogP contribution is -2.07. The zero-order valence-corrected chi connectivity index (χ0v) is 16.5. The average molecular weight is 373 g/mol. The van der Waals surface area contributed by atoms with Crippen molar-refractivity contribution in [2.75, 3.05) is 23.0 Å². The molecular formula is C19H32O3S2. The Bertz CT molecular complexity index is 415. The number of carboxylic acid groups (broad SMARTS) is 1. The predicted molar refractivity (Wildman–Crippen MR) is 108 cm³/mol. The van der Waals surface area contributed by atoms with E-state index < -0.39 is 16.8 Å². The fourth-order valence-electron chi connectivity index (χ4n) is 1.85. The van der Waals surface area contributed by atoms with E-state index in [1.54, 1.807) is 0 Å². The van der Waals surface area contributed by atoms with Crippen LogP contribution in [0.3, 0.4) is 0 Å². The van der Waals surface area contributed by atoms with Gasteiger partial charge in [-0.2, -0.15) is 11.8 Å². The Kier molecular flexibility index (Phi) is 17.9. The van der Waals surface area contributed by atoms with Crippen LogP contribution in [0, 0.1) is 0 Å². The van der Waals surface area contributed by atoms with Crippen molar-refractivity contribution in [2.45, 2.75) is 51.9 Å². The maximum atomic E-state index is 11.5. The van der Waals surface area contributed by atoms with Gasteiger partial charge < -0.3 is 5.11 Å². The van der Waals surface area contributed by atoms with Gasteiger partial charge >= 0.3 is 5.97 Å². The maximum absolute atomic E-state index is 11.5. The van der Waals surface area contributed by atoms with Crippen molar-refractivity contribution in [3.05, 3.63) is 36.5 Å². The number of carbonyl (C=O) groups is 1. The largest absolute Gasteiger partial charge is 0.481 e. The van der Waals surface area contributed by atoms with E-state index in [1.165, 1.54) is 12.2 Å². The summed E-state index contributed by atoms with van der Waals surface area (Å²) in [6.45, 7) is 2.20. The molecule has 0 aliphatic heterocycles. The van der Waals surface area contributed by atoms with Gasteiger partial charge in [-0.15, -0.1) is 0 Å². The van der Waals surface area contributed by atoms with Gasteiger partial charge in [0.05, 0.1) is 6.42 Å². The minimum Gasteiger partial charge on any atom is -0.481 e. The molecule has 0 saturated carbocycles. The fraction of sp³-hybridized carbons (Fsp3) is 0.632. The summed E-state index contributed by atoms with van der Waals surface area (Å²) < 4.78 is 11.5. The van der Waals surface area contributed by atoms with Crippen molar-refractivity contribution in [1.82, 2.24) is 0 Å². The van der Waals surface area contributed by atoms with Crippen LogP contribution in [0.15, 0.2) is 36.5 Å². The third-order valence-electron chi connectivity index (χ3n) is 3.14. The summed E-state index contributed by atoms with van der Waals surface area (Å²) in [6, 6.07) is 0. The van der Waals surface area contributed by atoms with Crippen LogP contribution in [0.2, 0.25) is 0 Å². The summed E-state index contributed by atoms with van der Waals surface area (Å²) >= 11 is 1.97. The van der Waals surface area contributed by atoms with Gasteiger partial charge in [-0.3, -0.25) is 9.00 Å². The van der Waals surface area contributed by atoms with Crippen LogP contribution < -0.4 is 0 Å². The van der Waals surface area contributed by atoms with Crippen LogP contribution in [-0.4, -0.2) is 38.3 Å². The number of allylic oxidation sites excluding steroid dienone is 5. The molecule has 0 aromatic rings. The topological polar surface area (TPSA) is 54.4 Å². The van der Waals surface area contributed by atoms with Gasteiger partial charge in [0.2, 0.25) is 0 Å². The first-order valence-electron chi connectivity index (χ1n) is 8.76. The van der Waals surface area contributed by atoms with E-state index in [2.05, 4.69) is 43.4 Å². The first-order valence-corrected chi connectivity index (χ1v) is 11.4. The second-order valence-corrected chi connectivity index (χ2v) is 8.29. The second-order valence-electron chi connectivity index (χ2n) is 5.45. The summed E-state index contributed by atoms with van der Waals surface area (Å²) in [6.07, 6.45) is 19.3. The van der Waals surface area contributed by atoms with Gasteiger partial charge in [-0.05, 0) is 44.3 Å². The number of rotatable bonds is 16. The van der Waals surface area contributed by atoms with Gasteiger partial charge in [0.25, 0.3) is 0 Å². The Morgan fingerprint density at radius 2 is 1.67 bits per heavy atom. The minimum absolute atomic E-state index is 0.00557. The molecule has 0 amide bonds. The van der Waals surface area contributed by atoms with E-state index in [-0.39, 0.29) is 12.2 Å². The van der Waals surface area contributed by atoms with E-state index in [4.69, 9.17) is 5.11 Å². The lowest BCUT2D eigenvalue weighted by molar-refractivity contribution is -0.136. The van der Waals surface area contributed by atoms with E-state index in [0.717, 1.165) is 37.9 Å². The van der Waals surface area contributed by atoms with Crippen LogP contribution in [0.1, 0.15) is 51.9 Å². The van der Waals surface area contributed by atoms with Gasteiger partial charge in [0, 0.05) is 28.1 Å². The zero-order valence-electron chi connectivity index (χ0n) is 14.8. The Morgan fingerprint density at radius 3 is 2.33 bits per heavy atom. The third kappa shape index (κ3) is 19.2. The van der Waals surface area contributed by atoms with Gasteiger partial charge in [0.15, 0.2) is 0 Å². The summed E-state index contributed by atoms with van der Waals surface area (Å²) in [7, 11) is -0.981. The van der Waals surface area contributed by atoms with E-state index >= 15 is 0 Å². The molecule has 0 saturated heterocycles. The maximum Gasteiger partial charge on any atom is 0.304 e. The molecular weight excluding hydrogens is 340 g/mol. The average Bonchev–Trinajstić information content (AvgIpc) is 2.56. The number of carboxylic acids is 1. The SMILES string of the molecule is CCCSCC=CCC=CCC=CCCCCS(=O)CCC(=O)O. The standard InChI is InChI=1S/C19H32O3S2/c1-2-15-23-16-12-10-8-6-4-3-5-7-9-11-13-17-24(22)18-14-19(20)21/h4-7,10,12H,2-3,8-9,11,13-18H2,1H3,(H,20,21). The molecule has 1 N–H and O–H groups in total. The Morgan fingerprint density at radius 1 is 1.00 bits per heavy atom. The zero-order chi connectivity index (χ0) is 17.9. The highest BCUT2D eigenvalue weighted by Crippen LogP contribution is 2.03. The molecule has 0 aliphatic carbocycles. The van der Waals surface area contributed by atoms with Gasteiger partial charge in [0.1, 0.15) is 0 Å². The van der Waals surface area contributed by atoms with Crippen molar-refractivity contribution in [2.24, 2.45) is 0 Å². The van der Waals surface area contributed by atoms with Gasteiger partial charge in [-0.1, -0.05) is 43.4 Å². The number of hydrogen-bond donors (Lipinski definition) is 1. The molecule has 0 aromatic heterocycles. The molecule has 0 spiro atoms. The summed E-state index contributed by atoms with van der Waals surface area (Å²) in [4.78, 5) is 10.4. The first kappa shape index (κ1) is 23.2. The van der Waals surface area contributed by atoms with Crippen LogP contribution in [0.4, 0.5) is 0 Å². The van der Waals surface area contributed by atoms with E-state index in [1.807, 2.05) is 11.8 Å². The molecule has 138 valence electrons. The van der Waals surface area contributed by atoms with Crippen LogP contribution in [0.5, 0.6) is 0 Å². The first-order chi connectivity index (χ1) is 11.7. The monoisotopic (exact) mass is 372 g/mol. The van der Waals surface area contributed by atoms with Crippen molar-refractivity contribution in [3.63, 3.8) is 0 Å². The third-order valence-corrected chi connectivity index (χ3v) is 5.67. The lowest BCUT2D eigenvalue weighted by Gasteiger charge is -1.99. The highest BCUT2D eigenvalue weighted by molar-refractivity contribution is 7.99. The summed E-state index contributed by atoms with van der Waals surface area (Å²) in [5, 5.41) is 8.51. The molecule has 0 fully saturated rings. The van der Waals surface area contributed by atoms with Crippen molar-refractivity contribution >= 4 is 28.5 Å². The fourth-order valence-corrected chi connectivity index (χ4v) is 3.71. The van der Waals surface area contributed by atoms with Crippen LogP contribution >= 0.6 is 11.8 Å². The van der Waals surface area contributed by atoms with Crippen LogP contribution in [-0.2, 0) is 15.6 Å². The quantitative estimate of drug-likeness (QED) is 0.307.